The van der Waals surface area contributed by atoms with Crippen molar-refractivity contribution in [3.8, 4) is 11.1 Å². The van der Waals surface area contributed by atoms with Crippen molar-refractivity contribution in [3.63, 3.8) is 0 Å². The van der Waals surface area contributed by atoms with Crippen molar-refractivity contribution in [1.82, 2.24) is 20.4 Å². The highest BCUT2D eigenvalue weighted by Crippen LogP contribution is 2.36. The number of amides is 1. The second kappa shape index (κ2) is 10.5. The molecule has 2 atom stereocenters. The predicted molar refractivity (Wildman–Crippen MR) is 134 cm³/mol. The summed E-state index contributed by atoms with van der Waals surface area (Å²) in [6.07, 6.45) is 1.64. The van der Waals surface area contributed by atoms with Crippen LogP contribution in [0, 0.1) is 12.7 Å². The highest BCUT2D eigenvalue weighted by molar-refractivity contribution is 5.94. The first-order valence-corrected chi connectivity index (χ1v) is 12.2. The SMILES string of the molecule is Cc1cc(CC(=O)C(NC(=O)C2CCCN2)c2ccc(C(C)C)c(F)c2-c2ccccc2)nn1C. The molecule has 0 spiro atoms. The molecule has 0 aliphatic carbocycles. The molecule has 35 heavy (non-hydrogen) atoms. The lowest BCUT2D eigenvalue weighted by Gasteiger charge is -2.24. The first-order valence-electron chi connectivity index (χ1n) is 12.2. The van der Waals surface area contributed by atoms with Gasteiger partial charge in [0.1, 0.15) is 11.9 Å². The van der Waals surface area contributed by atoms with E-state index in [1.54, 1.807) is 16.8 Å². The van der Waals surface area contributed by atoms with Gasteiger partial charge in [-0.15, -0.1) is 0 Å². The van der Waals surface area contributed by atoms with E-state index in [1.807, 2.05) is 64.2 Å². The second-order valence-corrected chi connectivity index (χ2v) is 9.59. The van der Waals surface area contributed by atoms with Gasteiger partial charge >= 0.3 is 0 Å². The van der Waals surface area contributed by atoms with Gasteiger partial charge in [-0.3, -0.25) is 14.3 Å². The van der Waals surface area contributed by atoms with Gasteiger partial charge in [-0.2, -0.15) is 5.10 Å². The minimum atomic E-state index is -1.00. The fourth-order valence-corrected chi connectivity index (χ4v) is 4.68. The van der Waals surface area contributed by atoms with Crippen LogP contribution in [0.4, 0.5) is 4.39 Å². The second-order valence-electron chi connectivity index (χ2n) is 9.59. The molecule has 2 aromatic carbocycles. The summed E-state index contributed by atoms with van der Waals surface area (Å²) in [5.41, 5.74) is 3.61. The molecule has 0 saturated carbocycles. The Morgan fingerprint density at radius 2 is 1.89 bits per heavy atom. The Labute approximate surface area is 205 Å². The number of nitrogens with zero attached hydrogens (tertiary/aromatic N) is 2. The van der Waals surface area contributed by atoms with Gasteiger partial charge in [0.25, 0.3) is 0 Å². The molecule has 1 saturated heterocycles. The number of hydrogen-bond donors (Lipinski definition) is 2. The molecular formula is C28H33FN4O2. The van der Waals surface area contributed by atoms with E-state index in [9.17, 15) is 9.59 Å². The van der Waals surface area contributed by atoms with E-state index < -0.39 is 6.04 Å². The van der Waals surface area contributed by atoms with Crippen LogP contribution in [0.1, 0.15) is 61.2 Å². The monoisotopic (exact) mass is 476 g/mol. The summed E-state index contributed by atoms with van der Waals surface area (Å²) in [5, 5.41) is 10.5. The molecular weight excluding hydrogens is 443 g/mol. The lowest BCUT2D eigenvalue weighted by Crippen LogP contribution is -2.44. The van der Waals surface area contributed by atoms with Crippen molar-refractivity contribution in [2.75, 3.05) is 6.54 Å². The Hall–Kier alpha value is -3.32. The molecule has 1 aliphatic rings. The van der Waals surface area contributed by atoms with Crippen LogP contribution in [-0.2, 0) is 23.1 Å². The molecule has 7 heteroatoms. The minimum Gasteiger partial charge on any atom is -0.341 e. The van der Waals surface area contributed by atoms with Gasteiger partial charge < -0.3 is 10.6 Å². The smallest absolute Gasteiger partial charge is 0.237 e. The number of aromatic nitrogens is 2. The first kappa shape index (κ1) is 24.8. The van der Waals surface area contributed by atoms with Crippen molar-refractivity contribution >= 4 is 11.7 Å². The maximum atomic E-state index is 16.0. The number of carbonyl (C=O) groups excluding carboxylic acids is 2. The zero-order chi connectivity index (χ0) is 25.1. The largest absolute Gasteiger partial charge is 0.341 e. The van der Waals surface area contributed by atoms with Crippen LogP contribution in [0.3, 0.4) is 0 Å². The third-order valence-corrected chi connectivity index (χ3v) is 6.70. The molecule has 4 rings (SSSR count). The van der Waals surface area contributed by atoms with Gasteiger partial charge in [-0.05, 0) is 55.0 Å². The summed E-state index contributed by atoms with van der Waals surface area (Å²) in [6.45, 7) is 6.55. The number of carbonyl (C=O) groups is 2. The Morgan fingerprint density at radius 3 is 2.49 bits per heavy atom. The molecule has 1 fully saturated rings. The lowest BCUT2D eigenvalue weighted by atomic mass is 9.87. The van der Waals surface area contributed by atoms with Crippen LogP contribution in [-0.4, -0.2) is 34.1 Å². The standard InChI is InChI=1S/C28H33FN4O2/c1-17(2)21-12-13-22(25(26(21)29)19-9-6-5-7-10-19)27(31-28(35)23-11-8-14-30-23)24(34)16-20-15-18(3)33(4)32-20/h5-7,9-10,12-13,15,17,23,27,30H,8,11,14,16H2,1-4H3,(H,31,35). The van der Waals surface area contributed by atoms with Crippen molar-refractivity contribution in [2.45, 2.75) is 58.0 Å². The van der Waals surface area contributed by atoms with Crippen LogP contribution in [0.25, 0.3) is 11.1 Å². The number of ketones is 1. The summed E-state index contributed by atoms with van der Waals surface area (Å²) in [4.78, 5) is 26.8. The molecule has 6 nitrogen and oxygen atoms in total. The van der Waals surface area contributed by atoms with E-state index in [1.165, 1.54) is 0 Å². The first-order chi connectivity index (χ1) is 16.8. The Morgan fingerprint density at radius 1 is 1.17 bits per heavy atom. The van der Waals surface area contributed by atoms with E-state index in [0.29, 0.717) is 34.4 Å². The number of Topliss-reactive ketones (excluding diaryl/α,β-unsaturated/α-hetero) is 1. The van der Waals surface area contributed by atoms with Gasteiger partial charge in [-0.1, -0.05) is 56.3 Å². The zero-order valence-electron chi connectivity index (χ0n) is 20.8. The van der Waals surface area contributed by atoms with Crippen molar-refractivity contribution in [3.05, 3.63) is 76.9 Å². The Kier molecular flexibility index (Phi) is 7.45. The molecule has 0 bridgehead atoms. The molecule has 2 N–H and O–H groups in total. The fraction of sp³-hybridized carbons (Fsp3) is 0.393. The average Bonchev–Trinajstić information content (AvgIpc) is 3.47. The predicted octanol–water partition coefficient (Wildman–Crippen LogP) is 4.38. The zero-order valence-corrected chi connectivity index (χ0v) is 20.8. The molecule has 2 unspecified atom stereocenters. The van der Waals surface area contributed by atoms with E-state index in [0.717, 1.165) is 18.7 Å². The third kappa shape index (κ3) is 5.35. The van der Waals surface area contributed by atoms with Crippen molar-refractivity contribution in [1.29, 1.82) is 0 Å². The summed E-state index contributed by atoms with van der Waals surface area (Å²) in [6, 6.07) is 13.2. The van der Waals surface area contributed by atoms with Crippen LogP contribution in [0.2, 0.25) is 0 Å². The normalized spacial score (nSPS) is 16.5. The topological polar surface area (TPSA) is 76.0 Å². The van der Waals surface area contributed by atoms with E-state index in [-0.39, 0.29) is 35.9 Å². The third-order valence-electron chi connectivity index (χ3n) is 6.70. The number of nitrogens with one attached hydrogen (secondary N) is 2. The molecule has 1 aromatic heterocycles. The molecule has 184 valence electrons. The van der Waals surface area contributed by atoms with E-state index in [4.69, 9.17) is 0 Å². The summed E-state index contributed by atoms with van der Waals surface area (Å²) in [5.74, 6) is -0.869. The summed E-state index contributed by atoms with van der Waals surface area (Å²) >= 11 is 0. The van der Waals surface area contributed by atoms with Crippen molar-refractivity contribution in [2.24, 2.45) is 7.05 Å². The van der Waals surface area contributed by atoms with Crippen molar-refractivity contribution < 1.29 is 14.0 Å². The lowest BCUT2D eigenvalue weighted by molar-refractivity contribution is -0.128. The fourth-order valence-electron chi connectivity index (χ4n) is 4.68. The average molecular weight is 477 g/mol. The van der Waals surface area contributed by atoms with Gasteiger partial charge in [0, 0.05) is 18.3 Å². The number of halogens is 1. The van der Waals surface area contributed by atoms with Gasteiger partial charge in [0.2, 0.25) is 5.91 Å². The minimum absolute atomic E-state index is 0.0329. The van der Waals surface area contributed by atoms with Gasteiger partial charge in [0.15, 0.2) is 5.78 Å². The Bertz CT molecular complexity index is 1190. The van der Waals surface area contributed by atoms with Crippen LogP contribution >= 0.6 is 0 Å². The van der Waals surface area contributed by atoms with Gasteiger partial charge in [-0.25, -0.2) is 4.39 Å². The Balaban J connectivity index is 1.80. The number of rotatable bonds is 8. The van der Waals surface area contributed by atoms with E-state index in [2.05, 4.69) is 15.7 Å². The van der Waals surface area contributed by atoms with Crippen LogP contribution in [0.5, 0.6) is 0 Å². The van der Waals surface area contributed by atoms with Crippen LogP contribution in [0.15, 0.2) is 48.5 Å². The van der Waals surface area contributed by atoms with Crippen LogP contribution < -0.4 is 10.6 Å². The molecule has 2 heterocycles. The number of aryl methyl sites for hydroxylation is 2. The number of hydrogen-bond acceptors (Lipinski definition) is 4. The highest BCUT2D eigenvalue weighted by atomic mass is 19.1. The molecule has 3 aromatic rings. The summed E-state index contributed by atoms with van der Waals surface area (Å²) in [7, 11) is 1.82. The maximum absolute atomic E-state index is 16.0. The maximum Gasteiger partial charge on any atom is 0.237 e. The molecule has 1 aliphatic heterocycles. The summed E-state index contributed by atoms with van der Waals surface area (Å²) < 4.78 is 17.7. The molecule has 1 amide bonds. The van der Waals surface area contributed by atoms with E-state index >= 15 is 4.39 Å². The quantitative estimate of drug-likeness (QED) is 0.506. The van der Waals surface area contributed by atoms with Gasteiger partial charge in [0.05, 0.1) is 18.2 Å². The number of benzene rings is 2. The highest BCUT2D eigenvalue weighted by Gasteiger charge is 2.32. The molecule has 0 radical (unpaired) electrons.